The summed E-state index contributed by atoms with van der Waals surface area (Å²) in [6.07, 6.45) is 1.32. The number of rotatable bonds is 5. The fourth-order valence-corrected chi connectivity index (χ4v) is 3.45. The van der Waals surface area contributed by atoms with Crippen LogP contribution >= 0.6 is 0 Å². The van der Waals surface area contributed by atoms with Gasteiger partial charge in [-0.1, -0.05) is 48.5 Å². The molecule has 6 nitrogen and oxygen atoms in total. The molecule has 2 heterocycles. The van der Waals surface area contributed by atoms with Crippen molar-refractivity contribution in [2.24, 2.45) is 4.99 Å². The molecule has 0 saturated heterocycles. The predicted octanol–water partition coefficient (Wildman–Crippen LogP) is 4.51. The minimum Gasteiger partial charge on any atom is -0.483 e. The molecule has 1 aliphatic heterocycles. The number of aryl methyl sites for hydroxylation is 1. The molecule has 0 spiro atoms. The molecular weight excluding hydrogens is 364 g/mol. The first-order valence-corrected chi connectivity index (χ1v) is 9.40. The summed E-state index contributed by atoms with van der Waals surface area (Å²) in [6.45, 7) is 4.28. The molecule has 0 saturated carbocycles. The average molecular weight is 384 g/mol. The van der Waals surface area contributed by atoms with Crippen molar-refractivity contribution in [2.45, 2.75) is 19.8 Å². The smallest absolute Gasteiger partial charge is 0.238 e. The Hall–Kier alpha value is -3.85. The third kappa shape index (κ3) is 3.39. The fourth-order valence-electron chi connectivity index (χ4n) is 3.45. The summed E-state index contributed by atoms with van der Waals surface area (Å²) >= 11 is 0. The monoisotopic (exact) mass is 384 g/mol. The largest absolute Gasteiger partial charge is 0.483 e. The Morgan fingerprint density at radius 2 is 1.86 bits per heavy atom. The molecule has 0 unspecified atom stereocenters. The molecular formula is C23H20N4O2. The lowest BCUT2D eigenvalue weighted by Gasteiger charge is -2.24. The van der Waals surface area contributed by atoms with E-state index in [0.717, 1.165) is 22.5 Å². The van der Waals surface area contributed by atoms with E-state index in [1.165, 1.54) is 6.40 Å². The van der Waals surface area contributed by atoms with E-state index in [9.17, 15) is 5.26 Å². The fraction of sp³-hybridized carbons (Fsp3) is 0.174. The second-order valence-electron chi connectivity index (χ2n) is 6.52. The van der Waals surface area contributed by atoms with Gasteiger partial charge in [0.25, 0.3) is 0 Å². The van der Waals surface area contributed by atoms with Crippen LogP contribution in [0.25, 0.3) is 5.69 Å². The van der Waals surface area contributed by atoms with Crippen molar-refractivity contribution in [3.05, 3.63) is 88.9 Å². The van der Waals surface area contributed by atoms with Crippen molar-refractivity contribution in [1.29, 1.82) is 5.26 Å². The number of nitrogens with zero attached hydrogens (tertiary/aromatic N) is 4. The molecule has 0 radical (unpaired) electrons. The van der Waals surface area contributed by atoms with Crippen LogP contribution in [-0.4, -0.2) is 22.8 Å². The van der Waals surface area contributed by atoms with Crippen molar-refractivity contribution in [3.63, 3.8) is 0 Å². The van der Waals surface area contributed by atoms with Crippen molar-refractivity contribution in [3.8, 4) is 17.6 Å². The number of fused-ring (bicyclic) bond motifs is 1. The summed E-state index contributed by atoms with van der Waals surface area (Å²) < 4.78 is 13.1. The summed E-state index contributed by atoms with van der Waals surface area (Å²) in [4.78, 5) is 4.29. The van der Waals surface area contributed by atoms with Crippen molar-refractivity contribution >= 4 is 6.40 Å². The van der Waals surface area contributed by atoms with Crippen LogP contribution in [0.1, 0.15) is 29.7 Å². The average Bonchev–Trinajstić information content (AvgIpc) is 3.10. The van der Waals surface area contributed by atoms with Gasteiger partial charge in [-0.3, -0.25) is 0 Å². The first kappa shape index (κ1) is 18.5. The Labute approximate surface area is 169 Å². The van der Waals surface area contributed by atoms with Gasteiger partial charge < -0.3 is 9.47 Å². The highest BCUT2D eigenvalue weighted by Crippen LogP contribution is 2.45. The summed E-state index contributed by atoms with van der Waals surface area (Å²) in [6, 6.07) is 21.9. The van der Waals surface area contributed by atoms with Gasteiger partial charge in [0.15, 0.2) is 6.40 Å². The molecule has 0 bridgehead atoms. The lowest BCUT2D eigenvalue weighted by molar-refractivity contribution is 0.331. The molecule has 3 aromatic rings. The molecule has 0 fully saturated rings. The van der Waals surface area contributed by atoms with E-state index in [-0.39, 0.29) is 11.8 Å². The molecule has 0 amide bonds. The number of benzene rings is 2. The minimum absolute atomic E-state index is 0.222. The molecule has 4 rings (SSSR count). The number of hydrogen-bond acceptors (Lipinski definition) is 5. The molecule has 2 aromatic carbocycles. The standard InChI is InChI=1S/C23H20N4O2/c1-3-28-15-25-22-19(14-24)21(17-10-6-4-7-11-17)20-16(2)26-27(23(20)29-22)18-12-8-5-9-13-18/h4-13,15,21H,3H2,1-2H3/t21-/m1/s1. The zero-order chi connectivity index (χ0) is 20.2. The second kappa shape index (κ2) is 8.03. The number of aliphatic imine (C=N–C) groups is 1. The number of ether oxygens (including phenoxy) is 2. The molecule has 1 atom stereocenters. The molecule has 0 aliphatic carbocycles. The third-order valence-electron chi connectivity index (χ3n) is 4.73. The van der Waals surface area contributed by atoms with Gasteiger partial charge in [0.05, 0.1) is 29.5 Å². The maximum absolute atomic E-state index is 9.96. The SMILES string of the molecule is CCOC=NC1=C(C#N)[C@@H](c2ccccc2)c2c(C)nn(-c3ccccc3)c2O1. The number of aromatic nitrogens is 2. The van der Waals surface area contributed by atoms with Gasteiger partial charge >= 0.3 is 0 Å². The summed E-state index contributed by atoms with van der Waals surface area (Å²) in [5.74, 6) is 0.459. The Bertz CT molecular complexity index is 1110. The van der Waals surface area contributed by atoms with Crippen LogP contribution in [-0.2, 0) is 4.74 Å². The summed E-state index contributed by atoms with van der Waals surface area (Å²) in [7, 11) is 0. The highest BCUT2D eigenvalue weighted by molar-refractivity contribution is 5.59. The van der Waals surface area contributed by atoms with Crippen LogP contribution in [0.5, 0.6) is 5.88 Å². The Morgan fingerprint density at radius 3 is 2.52 bits per heavy atom. The Morgan fingerprint density at radius 1 is 1.17 bits per heavy atom. The van der Waals surface area contributed by atoms with E-state index in [1.807, 2.05) is 74.5 Å². The number of hydrogen-bond donors (Lipinski definition) is 0. The van der Waals surface area contributed by atoms with Crippen LogP contribution in [0, 0.1) is 18.3 Å². The quantitative estimate of drug-likeness (QED) is 0.479. The Kier molecular flexibility index (Phi) is 5.12. The molecule has 144 valence electrons. The van der Waals surface area contributed by atoms with E-state index in [2.05, 4.69) is 11.1 Å². The summed E-state index contributed by atoms with van der Waals surface area (Å²) in [5.41, 5.74) is 3.95. The van der Waals surface area contributed by atoms with Gasteiger partial charge in [-0.15, -0.1) is 0 Å². The molecule has 0 N–H and O–H groups in total. The number of allylic oxidation sites excluding steroid dienone is 1. The lowest BCUT2D eigenvalue weighted by Crippen LogP contribution is -2.17. The molecule has 6 heteroatoms. The third-order valence-corrected chi connectivity index (χ3v) is 4.73. The van der Waals surface area contributed by atoms with Crippen molar-refractivity contribution in [2.75, 3.05) is 6.61 Å². The van der Waals surface area contributed by atoms with Gasteiger partial charge in [-0.2, -0.15) is 15.4 Å². The van der Waals surface area contributed by atoms with Gasteiger partial charge in [-0.25, -0.2) is 4.68 Å². The zero-order valence-corrected chi connectivity index (χ0v) is 16.2. The minimum atomic E-state index is -0.323. The number of para-hydroxylation sites is 1. The van der Waals surface area contributed by atoms with Gasteiger partial charge in [-0.05, 0) is 31.5 Å². The molecule has 1 aliphatic rings. The van der Waals surface area contributed by atoms with E-state index >= 15 is 0 Å². The van der Waals surface area contributed by atoms with Gasteiger partial charge in [0.1, 0.15) is 11.6 Å². The zero-order valence-electron chi connectivity index (χ0n) is 16.2. The highest BCUT2D eigenvalue weighted by Gasteiger charge is 2.36. The van der Waals surface area contributed by atoms with Gasteiger partial charge in [0.2, 0.25) is 11.8 Å². The first-order valence-electron chi connectivity index (χ1n) is 9.40. The molecule has 1 aromatic heterocycles. The second-order valence-corrected chi connectivity index (χ2v) is 6.52. The maximum Gasteiger partial charge on any atom is 0.238 e. The topological polar surface area (TPSA) is 72.4 Å². The highest BCUT2D eigenvalue weighted by atomic mass is 16.5. The Balaban J connectivity index is 1.94. The van der Waals surface area contributed by atoms with E-state index in [4.69, 9.17) is 14.6 Å². The van der Waals surface area contributed by atoms with E-state index < -0.39 is 0 Å². The van der Waals surface area contributed by atoms with Crippen molar-refractivity contribution in [1.82, 2.24) is 9.78 Å². The van der Waals surface area contributed by atoms with Crippen LogP contribution in [0.3, 0.4) is 0 Å². The number of nitriles is 1. The van der Waals surface area contributed by atoms with Crippen LogP contribution in [0.15, 0.2) is 77.1 Å². The van der Waals surface area contributed by atoms with Crippen LogP contribution < -0.4 is 4.74 Å². The molecule has 29 heavy (non-hydrogen) atoms. The predicted molar refractivity (Wildman–Crippen MR) is 110 cm³/mol. The van der Waals surface area contributed by atoms with Gasteiger partial charge in [0, 0.05) is 0 Å². The van der Waals surface area contributed by atoms with E-state index in [0.29, 0.717) is 18.1 Å². The van der Waals surface area contributed by atoms with Crippen LogP contribution in [0.4, 0.5) is 0 Å². The van der Waals surface area contributed by atoms with Crippen molar-refractivity contribution < 1.29 is 9.47 Å². The van der Waals surface area contributed by atoms with Crippen LogP contribution in [0.2, 0.25) is 0 Å². The first-order chi connectivity index (χ1) is 14.2. The maximum atomic E-state index is 9.96. The lowest BCUT2D eigenvalue weighted by atomic mass is 9.84. The van der Waals surface area contributed by atoms with E-state index in [1.54, 1.807) is 4.68 Å². The summed E-state index contributed by atoms with van der Waals surface area (Å²) in [5, 5.41) is 14.7. The normalized spacial score (nSPS) is 15.7.